The number of amides is 2. The van der Waals surface area contributed by atoms with E-state index in [0.29, 0.717) is 74.5 Å². The number of benzene rings is 4. The Kier molecular flexibility index (Phi) is 17.5. The molecule has 19 heteroatoms. The highest BCUT2D eigenvalue weighted by atomic mass is 35.5. The normalized spacial score (nSPS) is 12.4. The predicted octanol–water partition coefficient (Wildman–Crippen LogP) is 12.0. The van der Waals surface area contributed by atoms with Crippen molar-refractivity contribution in [1.82, 2.24) is 44.9 Å². The molecule has 8 aromatic rings. The van der Waals surface area contributed by atoms with E-state index in [4.69, 9.17) is 55.9 Å². The van der Waals surface area contributed by atoms with E-state index < -0.39 is 12.2 Å². The van der Waals surface area contributed by atoms with Gasteiger partial charge in [0.2, 0.25) is 0 Å². The minimum atomic E-state index is -0.709. The van der Waals surface area contributed by atoms with Crippen molar-refractivity contribution in [2.75, 3.05) is 11.9 Å². The summed E-state index contributed by atoms with van der Waals surface area (Å²) in [6.45, 7) is 21.6. The molecule has 3 unspecified atom stereocenters. The number of aromatic nitrogens is 8. The van der Waals surface area contributed by atoms with Crippen molar-refractivity contribution < 1.29 is 24.2 Å². The summed E-state index contributed by atoms with van der Waals surface area (Å²) in [6, 6.07) is 21.3. The third-order valence-corrected chi connectivity index (χ3v) is 13.0. The van der Waals surface area contributed by atoms with E-state index in [9.17, 15) is 14.7 Å². The van der Waals surface area contributed by atoms with Crippen LogP contribution in [0, 0.1) is 48.5 Å². The van der Waals surface area contributed by atoms with Crippen molar-refractivity contribution in [2.45, 2.75) is 107 Å². The van der Waals surface area contributed by atoms with E-state index in [1.54, 1.807) is 16.2 Å². The molecule has 3 atom stereocenters. The molecule has 70 heavy (non-hydrogen) atoms. The number of aromatic amines is 2. The molecule has 4 aromatic heterocycles. The Morgan fingerprint density at radius 2 is 1.24 bits per heavy atom. The third-order valence-electron chi connectivity index (χ3n) is 11.3. The molecule has 0 radical (unpaired) electrons. The number of carbonyl (C=O) groups excluding carboxylic acids is 2. The summed E-state index contributed by atoms with van der Waals surface area (Å²) in [5.41, 5.74) is 10.2. The Balaban J connectivity index is 0.000000176. The molecule has 2 amide bonds. The van der Waals surface area contributed by atoms with Gasteiger partial charge >= 0.3 is 0 Å². The predicted molar refractivity (Wildman–Crippen MR) is 279 cm³/mol. The summed E-state index contributed by atoms with van der Waals surface area (Å²) < 4.78 is 14.8. The molecule has 370 valence electrons. The number of rotatable bonds is 13. The van der Waals surface area contributed by atoms with Gasteiger partial charge < -0.3 is 25.2 Å². The molecule has 0 spiro atoms. The molecular formula is C51H58Cl4N10O5. The monoisotopic (exact) mass is 1030 g/mol. The second-order valence-corrected chi connectivity index (χ2v) is 18.7. The first-order valence-corrected chi connectivity index (χ1v) is 24.2. The average molecular weight is 1030 g/mol. The standard InChI is InChI=1S/C20H23Cl2NO3.C19H24ClN5O2.C12H11ClN4/c1-5-13-14(21)10-15(19(24)18(13)22)23-20(25)16(6-2)26-17-8-7-11(3)9-12(17)4;1-10-6-7-15(11(2)8-10)27-14(5)19(26)21-9-12(3)17-22-18-16(20)13(4)23-25(18)24-17;1-7-3-5-9(6-4-7)11-14-12-10(13)8(2)15-17(12)16-11/h7-10,16,24H,5-6H2,1-4H3,(H,23,25);6-8,12,14,23H,9H2,1-5H3,(H,21,26);3-6,15H,1-2H3. The Hall–Kier alpha value is -6.26. The van der Waals surface area contributed by atoms with Crippen LogP contribution in [0.3, 0.4) is 0 Å². The number of phenols is 1. The maximum Gasteiger partial charge on any atom is 0.265 e. The second-order valence-electron chi connectivity index (χ2n) is 17.2. The Bertz CT molecular complexity index is 3140. The van der Waals surface area contributed by atoms with Crippen molar-refractivity contribution >= 4 is 75.2 Å². The lowest BCUT2D eigenvalue weighted by molar-refractivity contribution is -0.127. The lowest BCUT2D eigenvalue weighted by Crippen LogP contribution is -2.38. The number of fused-ring (bicyclic) bond motifs is 2. The number of nitrogens with one attached hydrogen (secondary N) is 4. The van der Waals surface area contributed by atoms with E-state index in [1.165, 1.54) is 11.6 Å². The molecule has 5 N–H and O–H groups in total. The number of halogens is 4. The van der Waals surface area contributed by atoms with E-state index in [1.807, 2.05) is 123 Å². The maximum atomic E-state index is 12.6. The van der Waals surface area contributed by atoms with Crippen molar-refractivity contribution in [3.05, 3.63) is 137 Å². The summed E-state index contributed by atoms with van der Waals surface area (Å²) in [7, 11) is 0. The second kappa shape index (κ2) is 23.1. The van der Waals surface area contributed by atoms with Crippen LogP contribution in [0.1, 0.15) is 90.6 Å². The highest BCUT2D eigenvalue weighted by Gasteiger charge is 2.24. The van der Waals surface area contributed by atoms with Crippen LogP contribution in [0.5, 0.6) is 17.2 Å². The zero-order valence-corrected chi connectivity index (χ0v) is 44.0. The largest absolute Gasteiger partial charge is 0.504 e. The first kappa shape index (κ1) is 53.1. The summed E-state index contributed by atoms with van der Waals surface area (Å²) in [6.07, 6.45) is -0.263. The van der Waals surface area contributed by atoms with E-state index in [2.05, 4.69) is 47.9 Å². The van der Waals surface area contributed by atoms with Crippen molar-refractivity contribution in [3.63, 3.8) is 0 Å². The number of hydrogen-bond donors (Lipinski definition) is 5. The van der Waals surface area contributed by atoms with Gasteiger partial charge in [-0.05, 0) is 103 Å². The Labute approximate surface area is 427 Å². The molecule has 0 bridgehead atoms. The molecule has 15 nitrogen and oxygen atoms in total. The highest BCUT2D eigenvalue weighted by Crippen LogP contribution is 2.40. The SMILES string of the molecule is CCc1c(Cl)cc(NC(=O)C(CC)Oc2ccc(C)cc2C)c(O)c1Cl.Cc1ccc(-c2nc3c(Cl)c(C)[nH]n3n2)cc1.Cc1ccc(OC(C)C(=O)NCC(C)c2nc3c(Cl)c(C)[nH]n3n2)c(C)c1. The fraction of sp³-hybridized carbons (Fsp3) is 0.333. The van der Waals surface area contributed by atoms with Gasteiger partial charge in [0.25, 0.3) is 11.8 Å². The zero-order chi connectivity index (χ0) is 51.1. The molecule has 0 saturated heterocycles. The van der Waals surface area contributed by atoms with Gasteiger partial charge in [-0.25, -0.2) is 9.97 Å². The van der Waals surface area contributed by atoms with Gasteiger partial charge in [0.05, 0.1) is 22.1 Å². The minimum Gasteiger partial charge on any atom is -0.504 e. The quantitative estimate of drug-likeness (QED) is 0.0700. The van der Waals surface area contributed by atoms with Crippen molar-refractivity contribution in [3.8, 4) is 28.6 Å². The van der Waals surface area contributed by atoms with Crippen LogP contribution in [-0.2, 0) is 16.0 Å². The lowest BCUT2D eigenvalue weighted by Gasteiger charge is -2.20. The molecule has 4 heterocycles. The number of anilines is 1. The van der Waals surface area contributed by atoms with Gasteiger partial charge in [0, 0.05) is 23.0 Å². The molecule has 0 aliphatic rings. The van der Waals surface area contributed by atoms with Crippen LogP contribution in [0.25, 0.3) is 22.7 Å². The topological polar surface area (TPSA) is 189 Å². The maximum absolute atomic E-state index is 12.6. The van der Waals surface area contributed by atoms with Crippen LogP contribution in [-0.4, -0.2) is 75.3 Å². The van der Waals surface area contributed by atoms with Gasteiger partial charge in [-0.3, -0.25) is 19.8 Å². The van der Waals surface area contributed by atoms with Crippen LogP contribution < -0.4 is 20.1 Å². The fourth-order valence-electron chi connectivity index (χ4n) is 7.22. The van der Waals surface area contributed by atoms with Crippen molar-refractivity contribution in [2.24, 2.45) is 0 Å². The number of aryl methyl sites for hydroxylation is 7. The smallest absolute Gasteiger partial charge is 0.265 e. The Morgan fingerprint density at radius 1 is 0.700 bits per heavy atom. The summed E-state index contributed by atoms with van der Waals surface area (Å²) in [4.78, 5) is 33.9. The molecule has 4 aromatic carbocycles. The van der Waals surface area contributed by atoms with E-state index >= 15 is 0 Å². The zero-order valence-electron chi connectivity index (χ0n) is 41.0. The van der Waals surface area contributed by atoms with Crippen LogP contribution in [0.4, 0.5) is 5.69 Å². The van der Waals surface area contributed by atoms with E-state index in [-0.39, 0.29) is 34.2 Å². The summed E-state index contributed by atoms with van der Waals surface area (Å²) in [5.74, 6) is 1.85. The molecule has 0 saturated carbocycles. The van der Waals surface area contributed by atoms with Crippen LogP contribution >= 0.6 is 46.4 Å². The number of carbonyl (C=O) groups is 2. The molecule has 0 fully saturated rings. The molecule has 0 aliphatic heterocycles. The first-order valence-electron chi connectivity index (χ1n) is 22.7. The van der Waals surface area contributed by atoms with Gasteiger partial charge in [0.15, 0.2) is 40.9 Å². The number of H-pyrrole nitrogens is 2. The number of phenolic OH excluding ortho intramolecular Hbond substituents is 1. The Morgan fingerprint density at radius 3 is 1.77 bits per heavy atom. The van der Waals surface area contributed by atoms with Gasteiger partial charge in [0.1, 0.15) is 21.5 Å². The molecule has 0 aliphatic carbocycles. The first-order chi connectivity index (χ1) is 33.2. The number of ether oxygens (including phenoxy) is 2. The fourth-order valence-corrected chi connectivity index (χ4v) is 8.27. The number of hydrogen-bond acceptors (Lipinski definition) is 9. The van der Waals surface area contributed by atoms with Gasteiger partial charge in [-0.2, -0.15) is 9.26 Å². The van der Waals surface area contributed by atoms with Gasteiger partial charge in [-0.15, -0.1) is 10.2 Å². The lowest BCUT2D eigenvalue weighted by atomic mass is 10.1. The number of nitrogens with zero attached hydrogens (tertiary/aromatic N) is 6. The van der Waals surface area contributed by atoms with Crippen molar-refractivity contribution in [1.29, 1.82) is 0 Å². The minimum absolute atomic E-state index is 0.0630. The van der Waals surface area contributed by atoms with Gasteiger partial charge in [-0.1, -0.05) is 132 Å². The molecule has 8 rings (SSSR count). The van der Waals surface area contributed by atoms with E-state index in [0.717, 1.165) is 39.2 Å². The highest BCUT2D eigenvalue weighted by molar-refractivity contribution is 6.38. The average Bonchev–Trinajstić information content (AvgIpc) is 4.07. The van der Waals surface area contributed by atoms with Crippen LogP contribution in [0.2, 0.25) is 20.1 Å². The summed E-state index contributed by atoms with van der Waals surface area (Å²) in [5, 5.41) is 32.4. The molecular weight excluding hydrogens is 974 g/mol. The summed E-state index contributed by atoms with van der Waals surface area (Å²) >= 11 is 24.6. The van der Waals surface area contributed by atoms with Crippen LogP contribution in [0.15, 0.2) is 66.7 Å². The third kappa shape index (κ3) is 12.5. The number of aromatic hydroxyl groups is 1.